The van der Waals surface area contributed by atoms with Gasteiger partial charge in [-0.25, -0.2) is 0 Å². The fourth-order valence-electron chi connectivity index (χ4n) is 3.84. The van der Waals surface area contributed by atoms with E-state index >= 15 is 0 Å². The van der Waals surface area contributed by atoms with E-state index in [1.165, 1.54) is 12.8 Å². The number of aliphatic hydroxyl groups is 3. The molecule has 240 valence electrons. The van der Waals surface area contributed by atoms with Crippen molar-refractivity contribution in [2.24, 2.45) is 27.1 Å². The molecular weight excluding hydrogens is 484 g/mol. The molecule has 0 radical (unpaired) electrons. The van der Waals surface area contributed by atoms with E-state index in [1.807, 2.05) is 20.8 Å². The lowest BCUT2D eigenvalue weighted by atomic mass is 9.79. The summed E-state index contributed by atoms with van der Waals surface area (Å²) in [6.45, 7) is 38.8. The Bertz CT molecular complexity index is 583. The van der Waals surface area contributed by atoms with E-state index in [0.717, 1.165) is 32.1 Å². The minimum atomic E-state index is -0.348. The molecule has 39 heavy (non-hydrogen) atoms. The molecule has 3 atom stereocenters. The second kappa shape index (κ2) is 17.7. The molecule has 0 aliphatic heterocycles. The smallest absolute Gasteiger partial charge is 0.0778 e. The van der Waals surface area contributed by atoms with Crippen LogP contribution in [0.1, 0.15) is 170 Å². The number of rotatable bonds is 9. The summed E-state index contributed by atoms with van der Waals surface area (Å²) in [4.78, 5) is 0. The highest BCUT2D eigenvalue weighted by atomic mass is 16.5. The molecule has 0 spiro atoms. The maximum Gasteiger partial charge on any atom is 0.0778 e. The predicted octanol–water partition coefficient (Wildman–Crippen LogP) is 9.82. The monoisotopic (exact) mass is 561 g/mol. The van der Waals surface area contributed by atoms with Crippen molar-refractivity contribution >= 4 is 0 Å². The Morgan fingerprint density at radius 3 is 1.15 bits per heavy atom. The van der Waals surface area contributed by atoms with E-state index in [-0.39, 0.29) is 45.6 Å². The molecule has 0 bridgehead atoms. The Balaban J connectivity index is -0.000000505. The van der Waals surface area contributed by atoms with Crippen LogP contribution < -0.4 is 0 Å². The summed E-state index contributed by atoms with van der Waals surface area (Å²) in [5, 5.41) is 29.2. The van der Waals surface area contributed by atoms with Crippen LogP contribution in [0.3, 0.4) is 0 Å². The molecule has 0 aliphatic rings. The first-order valence-corrected chi connectivity index (χ1v) is 15.5. The highest BCUT2D eigenvalue weighted by Crippen LogP contribution is 2.30. The van der Waals surface area contributed by atoms with Crippen LogP contribution in [0.2, 0.25) is 0 Å². The van der Waals surface area contributed by atoms with Gasteiger partial charge in [0.25, 0.3) is 0 Å². The summed E-state index contributed by atoms with van der Waals surface area (Å²) in [6.07, 6.45) is 6.55. The van der Waals surface area contributed by atoms with Gasteiger partial charge >= 0.3 is 0 Å². The van der Waals surface area contributed by atoms with Gasteiger partial charge in [-0.05, 0) is 80.0 Å². The Morgan fingerprint density at radius 1 is 0.487 bits per heavy atom. The van der Waals surface area contributed by atoms with Crippen LogP contribution in [0.4, 0.5) is 0 Å². The Morgan fingerprint density at radius 2 is 0.872 bits per heavy atom. The molecule has 0 aromatic rings. The van der Waals surface area contributed by atoms with Crippen LogP contribution in [-0.4, -0.2) is 45.8 Å². The summed E-state index contributed by atoms with van der Waals surface area (Å²) in [6, 6.07) is 0. The van der Waals surface area contributed by atoms with Gasteiger partial charge in [0, 0.05) is 0 Å². The molecule has 0 aromatic heterocycles. The van der Waals surface area contributed by atoms with E-state index in [9.17, 15) is 15.3 Å². The van der Waals surface area contributed by atoms with Crippen molar-refractivity contribution < 1.29 is 20.1 Å². The molecule has 3 N–H and O–H groups in total. The SMILES string of the molecule is CC(C)(C)CC(O)C(C)(C)C.CC(C)(C)CC(O)COC(C)(C)C.CC(C)(C)CCCCC(O)CC(C)(C)C. The zero-order valence-electron chi connectivity index (χ0n) is 30.1. The number of hydrogen-bond donors (Lipinski definition) is 3. The third kappa shape index (κ3) is 40.0. The van der Waals surface area contributed by atoms with Crippen LogP contribution in [0.5, 0.6) is 0 Å². The van der Waals surface area contributed by atoms with Crippen LogP contribution in [-0.2, 0) is 4.74 Å². The van der Waals surface area contributed by atoms with Crippen LogP contribution in [0, 0.1) is 27.1 Å². The number of hydrogen-bond acceptors (Lipinski definition) is 4. The molecule has 4 nitrogen and oxygen atoms in total. The third-order valence-electron chi connectivity index (χ3n) is 5.92. The van der Waals surface area contributed by atoms with Gasteiger partial charge in [0.15, 0.2) is 0 Å². The van der Waals surface area contributed by atoms with Gasteiger partial charge in [-0.2, -0.15) is 0 Å². The number of aliphatic hydroxyl groups excluding tert-OH is 3. The van der Waals surface area contributed by atoms with Gasteiger partial charge in [0.2, 0.25) is 0 Å². The highest BCUT2D eigenvalue weighted by Gasteiger charge is 2.26. The van der Waals surface area contributed by atoms with Gasteiger partial charge in [0.1, 0.15) is 0 Å². The molecule has 3 unspecified atom stereocenters. The van der Waals surface area contributed by atoms with E-state index < -0.39 is 0 Å². The molecule has 4 heteroatoms. The first-order valence-electron chi connectivity index (χ1n) is 15.5. The first-order chi connectivity index (χ1) is 16.8. The molecule has 0 heterocycles. The van der Waals surface area contributed by atoms with Crippen molar-refractivity contribution in [2.75, 3.05) is 6.61 Å². The summed E-state index contributed by atoms with van der Waals surface area (Å²) < 4.78 is 5.49. The largest absolute Gasteiger partial charge is 0.393 e. The van der Waals surface area contributed by atoms with Crippen molar-refractivity contribution in [3.63, 3.8) is 0 Å². The molecule has 0 fully saturated rings. The second-order valence-corrected chi connectivity index (χ2v) is 18.7. The fourth-order valence-corrected chi connectivity index (χ4v) is 3.84. The summed E-state index contributed by atoms with van der Waals surface area (Å²) in [7, 11) is 0. The van der Waals surface area contributed by atoms with Gasteiger partial charge < -0.3 is 20.1 Å². The van der Waals surface area contributed by atoms with E-state index in [0.29, 0.717) is 12.0 Å². The molecule has 0 aromatic carbocycles. The maximum atomic E-state index is 9.81. The van der Waals surface area contributed by atoms with E-state index in [2.05, 4.69) is 104 Å². The van der Waals surface area contributed by atoms with Gasteiger partial charge in [-0.15, -0.1) is 0 Å². The third-order valence-corrected chi connectivity index (χ3v) is 5.92. The minimum absolute atomic E-state index is 0.0211. The minimum Gasteiger partial charge on any atom is -0.393 e. The van der Waals surface area contributed by atoms with Crippen molar-refractivity contribution in [2.45, 2.75) is 193 Å². The molecule has 0 saturated carbocycles. The first kappa shape index (κ1) is 43.3. The fraction of sp³-hybridized carbons (Fsp3) is 1.00. The number of unbranched alkanes of at least 4 members (excludes halogenated alkanes) is 1. The van der Waals surface area contributed by atoms with Crippen LogP contribution in [0.15, 0.2) is 0 Å². The standard InChI is InChI=1S/C14H30O.C11H24O2.C10H22O/c1-13(2,3)10-8-7-9-12(15)11-14(4,5)6;1-10(2,3)7-9(12)8-13-11(4,5)6;1-9(2,3)7-8(11)10(4,5)6/h12,15H,7-11H2,1-6H3;9,12H,7-8H2,1-6H3;8,11H,7H2,1-6H3. The molecule has 0 rings (SSSR count). The highest BCUT2D eigenvalue weighted by molar-refractivity contribution is 4.77. The lowest BCUT2D eigenvalue weighted by Crippen LogP contribution is -2.30. The molecular formula is C35H76O4. The quantitative estimate of drug-likeness (QED) is 0.245. The van der Waals surface area contributed by atoms with E-state index in [4.69, 9.17) is 4.74 Å². The Labute approximate surface area is 247 Å². The zero-order valence-corrected chi connectivity index (χ0v) is 30.1. The topological polar surface area (TPSA) is 69.9 Å². The second-order valence-electron chi connectivity index (χ2n) is 18.7. The lowest BCUT2D eigenvalue weighted by Gasteiger charge is -2.31. The zero-order chi connectivity index (χ0) is 32.1. The van der Waals surface area contributed by atoms with Crippen LogP contribution in [0.25, 0.3) is 0 Å². The summed E-state index contributed by atoms with van der Waals surface area (Å²) in [5.41, 5.74) is 0.956. The van der Waals surface area contributed by atoms with Gasteiger partial charge in [-0.3, -0.25) is 0 Å². The average Bonchev–Trinajstić information content (AvgIpc) is 2.58. The van der Waals surface area contributed by atoms with E-state index in [1.54, 1.807) is 0 Å². The van der Waals surface area contributed by atoms with Crippen LogP contribution >= 0.6 is 0 Å². The summed E-state index contributed by atoms with van der Waals surface area (Å²) in [5.74, 6) is 0. The Kier molecular flexibility index (Phi) is 19.7. The molecule has 0 aliphatic carbocycles. The lowest BCUT2D eigenvalue weighted by molar-refractivity contribution is -0.0575. The molecule has 0 amide bonds. The average molecular weight is 561 g/mol. The molecule has 0 saturated heterocycles. The predicted molar refractivity (Wildman–Crippen MR) is 173 cm³/mol. The van der Waals surface area contributed by atoms with Gasteiger partial charge in [-0.1, -0.05) is 117 Å². The maximum absolute atomic E-state index is 9.81. The summed E-state index contributed by atoms with van der Waals surface area (Å²) >= 11 is 0. The number of ether oxygens (including phenoxy) is 1. The Hall–Kier alpha value is -0.160. The van der Waals surface area contributed by atoms with Crippen molar-refractivity contribution in [3.8, 4) is 0 Å². The normalized spacial score (nSPS) is 15.9. The van der Waals surface area contributed by atoms with Crippen molar-refractivity contribution in [1.82, 2.24) is 0 Å². The van der Waals surface area contributed by atoms with Crippen molar-refractivity contribution in [3.05, 3.63) is 0 Å². The van der Waals surface area contributed by atoms with Gasteiger partial charge in [0.05, 0.1) is 30.5 Å². The van der Waals surface area contributed by atoms with Crippen molar-refractivity contribution in [1.29, 1.82) is 0 Å².